The number of hydrogen-bond donors (Lipinski definition) is 2. The first kappa shape index (κ1) is 16.2. The van der Waals surface area contributed by atoms with E-state index in [9.17, 15) is 4.79 Å². The summed E-state index contributed by atoms with van der Waals surface area (Å²) < 4.78 is 5.37. The lowest BCUT2D eigenvalue weighted by molar-refractivity contribution is 0.0146. The van der Waals surface area contributed by atoms with Gasteiger partial charge in [-0.05, 0) is 20.8 Å². The molecule has 6 heteroatoms. The van der Waals surface area contributed by atoms with E-state index in [-0.39, 0.29) is 6.09 Å². The molecule has 1 saturated heterocycles. The van der Waals surface area contributed by atoms with E-state index < -0.39 is 5.60 Å². The molecule has 1 aliphatic heterocycles. The first-order chi connectivity index (χ1) is 8.92. The molecule has 3 N–H and O–H groups in total. The molecule has 1 amide bonds. The molecule has 6 nitrogen and oxygen atoms in total. The van der Waals surface area contributed by atoms with Crippen LogP contribution in [0.25, 0.3) is 0 Å². The average molecular weight is 272 g/mol. The Morgan fingerprint density at radius 1 is 1.21 bits per heavy atom. The van der Waals surface area contributed by atoms with Crippen LogP contribution in [0.5, 0.6) is 0 Å². The number of amides is 1. The molecule has 0 atom stereocenters. The van der Waals surface area contributed by atoms with Crippen LogP contribution < -0.4 is 11.1 Å². The Labute approximate surface area is 116 Å². The van der Waals surface area contributed by atoms with Crippen molar-refractivity contribution in [3.05, 3.63) is 0 Å². The Morgan fingerprint density at radius 3 is 2.37 bits per heavy atom. The summed E-state index contributed by atoms with van der Waals surface area (Å²) in [6, 6.07) is 0. The summed E-state index contributed by atoms with van der Waals surface area (Å²) in [5.74, 6) is 0. The lowest BCUT2D eigenvalue weighted by atomic mass is 10.2. The minimum atomic E-state index is -0.416. The Hall–Kier alpha value is -0.850. The van der Waals surface area contributed by atoms with E-state index in [0.717, 1.165) is 45.8 Å². The first-order valence-corrected chi connectivity index (χ1v) is 7.03. The van der Waals surface area contributed by atoms with Gasteiger partial charge in [0.1, 0.15) is 5.60 Å². The van der Waals surface area contributed by atoms with E-state index in [1.54, 1.807) is 4.90 Å². The summed E-state index contributed by atoms with van der Waals surface area (Å²) in [5.41, 5.74) is 5.00. The van der Waals surface area contributed by atoms with Crippen molar-refractivity contribution in [2.75, 3.05) is 52.4 Å². The maximum absolute atomic E-state index is 11.9. The van der Waals surface area contributed by atoms with Crippen molar-refractivity contribution in [1.82, 2.24) is 15.1 Å². The zero-order valence-electron chi connectivity index (χ0n) is 12.4. The van der Waals surface area contributed by atoms with E-state index in [1.807, 2.05) is 20.8 Å². The van der Waals surface area contributed by atoms with Crippen LogP contribution in [0, 0.1) is 0 Å². The van der Waals surface area contributed by atoms with E-state index in [1.165, 1.54) is 0 Å². The summed E-state index contributed by atoms with van der Waals surface area (Å²) in [4.78, 5) is 16.0. The van der Waals surface area contributed by atoms with Crippen LogP contribution in [0.15, 0.2) is 0 Å². The molecule has 0 unspecified atom stereocenters. The molecule has 0 aromatic heterocycles. The molecule has 1 heterocycles. The molecule has 0 saturated carbocycles. The van der Waals surface area contributed by atoms with Crippen LogP contribution in [0.2, 0.25) is 0 Å². The summed E-state index contributed by atoms with van der Waals surface area (Å²) in [5, 5.41) is 3.28. The van der Waals surface area contributed by atoms with E-state index in [0.29, 0.717) is 6.54 Å². The van der Waals surface area contributed by atoms with E-state index in [4.69, 9.17) is 10.5 Å². The lowest BCUT2D eigenvalue weighted by Crippen LogP contribution is -2.51. The highest BCUT2D eigenvalue weighted by molar-refractivity contribution is 5.68. The van der Waals surface area contributed by atoms with Gasteiger partial charge in [-0.3, -0.25) is 4.90 Å². The fourth-order valence-electron chi connectivity index (χ4n) is 1.94. The number of carbonyl (C=O) groups is 1. The van der Waals surface area contributed by atoms with Gasteiger partial charge >= 0.3 is 6.09 Å². The van der Waals surface area contributed by atoms with Gasteiger partial charge in [0.05, 0.1) is 0 Å². The van der Waals surface area contributed by atoms with Gasteiger partial charge in [-0.15, -0.1) is 0 Å². The Balaban J connectivity index is 2.19. The largest absolute Gasteiger partial charge is 0.444 e. The van der Waals surface area contributed by atoms with Crippen molar-refractivity contribution < 1.29 is 9.53 Å². The Morgan fingerprint density at radius 2 is 1.84 bits per heavy atom. The number of hydrogen-bond acceptors (Lipinski definition) is 5. The quantitative estimate of drug-likeness (QED) is 0.694. The summed E-state index contributed by atoms with van der Waals surface area (Å²) >= 11 is 0. The zero-order valence-corrected chi connectivity index (χ0v) is 12.4. The SMILES string of the molecule is CC(C)(C)OC(=O)N1CCN(CCNCCN)CC1. The molecule has 1 rings (SSSR count). The van der Waals surface area contributed by atoms with Crippen molar-refractivity contribution in [3.8, 4) is 0 Å². The van der Waals surface area contributed by atoms with Gasteiger partial charge in [0.15, 0.2) is 0 Å². The van der Waals surface area contributed by atoms with Crippen molar-refractivity contribution in [2.24, 2.45) is 5.73 Å². The minimum Gasteiger partial charge on any atom is -0.444 e. The number of carbonyl (C=O) groups excluding carboxylic acids is 1. The number of nitrogens with one attached hydrogen (secondary N) is 1. The molecule has 19 heavy (non-hydrogen) atoms. The van der Waals surface area contributed by atoms with E-state index in [2.05, 4.69) is 10.2 Å². The minimum absolute atomic E-state index is 0.201. The fourth-order valence-corrected chi connectivity index (χ4v) is 1.94. The number of piperazine rings is 1. The second-order valence-electron chi connectivity index (χ2n) is 5.85. The molecule has 0 bridgehead atoms. The highest BCUT2D eigenvalue weighted by atomic mass is 16.6. The van der Waals surface area contributed by atoms with Gasteiger partial charge in [0, 0.05) is 52.4 Å². The van der Waals surface area contributed by atoms with Crippen LogP contribution in [-0.2, 0) is 4.74 Å². The van der Waals surface area contributed by atoms with Crippen LogP contribution in [-0.4, -0.2) is 73.9 Å². The molecule has 1 aliphatic rings. The highest BCUT2D eigenvalue weighted by Gasteiger charge is 2.25. The smallest absolute Gasteiger partial charge is 0.410 e. The molecule has 0 aliphatic carbocycles. The molecule has 0 aromatic carbocycles. The van der Waals surface area contributed by atoms with Crippen molar-refractivity contribution >= 4 is 6.09 Å². The maximum Gasteiger partial charge on any atom is 0.410 e. The van der Waals surface area contributed by atoms with Crippen LogP contribution in [0.4, 0.5) is 4.79 Å². The molecular weight excluding hydrogens is 244 g/mol. The van der Waals surface area contributed by atoms with E-state index >= 15 is 0 Å². The first-order valence-electron chi connectivity index (χ1n) is 7.03. The molecule has 0 spiro atoms. The monoisotopic (exact) mass is 272 g/mol. The van der Waals surface area contributed by atoms with Gasteiger partial charge in [-0.1, -0.05) is 0 Å². The summed E-state index contributed by atoms with van der Waals surface area (Å²) in [6.07, 6.45) is -0.201. The summed E-state index contributed by atoms with van der Waals surface area (Å²) in [6.45, 7) is 12.5. The standard InChI is InChI=1S/C13H28N4O2/c1-13(2,3)19-12(18)17-10-8-16(9-11-17)7-6-15-5-4-14/h15H,4-11,14H2,1-3H3. The summed E-state index contributed by atoms with van der Waals surface area (Å²) in [7, 11) is 0. The van der Waals surface area contributed by atoms with Crippen molar-refractivity contribution in [1.29, 1.82) is 0 Å². The van der Waals surface area contributed by atoms with Gasteiger partial charge in [0.2, 0.25) is 0 Å². The fraction of sp³-hybridized carbons (Fsp3) is 0.923. The average Bonchev–Trinajstić information content (AvgIpc) is 2.33. The Bertz CT molecular complexity index is 270. The van der Waals surface area contributed by atoms with Gasteiger partial charge in [-0.25, -0.2) is 4.79 Å². The maximum atomic E-state index is 11.9. The predicted molar refractivity (Wildman–Crippen MR) is 76.2 cm³/mol. The Kier molecular flexibility index (Phi) is 6.54. The molecule has 112 valence electrons. The number of nitrogens with two attached hydrogens (primary N) is 1. The molecular formula is C13H28N4O2. The molecule has 0 aromatic rings. The normalized spacial score (nSPS) is 17.6. The predicted octanol–water partition coefficient (Wildman–Crippen LogP) is 0.0874. The van der Waals surface area contributed by atoms with Gasteiger partial charge in [0.25, 0.3) is 0 Å². The third-order valence-corrected chi connectivity index (χ3v) is 2.95. The second kappa shape index (κ2) is 7.67. The van der Waals surface area contributed by atoms with Crippen LogP contribution in [0.3, 0.4) is 0 Å². The number of nitrogens with zero attached hydrogens (tertiary/aromatic N) is 2. The highest BCUT2D eigenvalue weighted by Crippen LogP contribution is 2.11. The third kappa shape index (κ3) is 6.75. The second-order valence-corrected chi connectivity index (χ2v) is 5.85. The van der Waals surface area contributed by atoms with Gasteiger partial charge in [-0.2, -0.15) is 0 Å². The lowest BCUT2D eigenvalue weighted by Gasteiger charge is -2.35. The number of ether oxygens (including phenoxy) is 1. The zero-order chi connectivity index (χ0) is 14.3. The van der Waals surface area contributed by atoms with Crippen molar-refractivity contribution in [3.63, 3.8) is 0 Å². The van der Waals surface area contributed by atoms with Crippen LogP contribution >= 0.6 is 0 Å². The third-order valence-electron chi connectivity index (χ3n) is 2.95. The number of rotatable bonds is 5. The molecule has 0 radical (unpaired) electrons. The molecule has 1 fully saturated rings. The topological polar surface area (TPSA) is 70.8 Å². The van der Waals surface area contributed by atoms with Gasteiger partial charge < -0.3 is 20.7 Å². The van der Waals surface area contributed by atoms with Crippen molar-refractivity contribution in [2.45, 2.75) is 26.4 Å². The van der Waals surface area contributed by atoms with Crippen LogP contribution in [0.1, 0.15) is 20.8 Å².